The second-order valence-electron chi connectivity index (χ2n) is 13.1. The number of hydrogen-bond donors (Lipinski definition) is 2. The lowest BCUT2D eigenvalue weighted by Crippen LogP contribution is -2.63. The van der Waals surface area contributed by atoms with Crippen LogP contribution in [0.4, 0.5) is 0 Å². The van der Waals surface area contributed by atoms with Gasteiger partial charge in [-0.1, -0.05) is 45.1 Å². The van der Waals surface area contributed by atoms with E-state index in [1.54, 1.807) is 0 Å². The van der Waals surface area contributed by atoms with E-state index >= 15 is 0 Å². The number of likely N-dealkylation sites (N-methyl/N-ethyl adjacent to an activating group) is 1. The number of fused-ring (bicyclic) bond motifs is 2. The summed E-state index contributed by atoms with van der Waals surface area (Å²) in [5.41, 5.74) is 5.12. The van der Waals surface area contributed by atoms with Gasteiger partial charge in [0.25, 0.3) is 0 Å². The molecule has 7 atom stereocenters. The standard InChI is InChI=1S/C31H38N2O4/c1-17-32-22-9-7-18(13-24(22)36-17)20-8-10-25-29(20,4)28(2,3)15-19-14-21-26(34)27(35)23(33(5)6)16-30(21)11-12-31(19,25)37-30/h7-9,13-15,23,25-27,34-35H,10-12,16H2,1-6H3. The summed E-state index contributed by atoms with van der Waals surface area (Å²) < 4.78 is 13.2. The van der Waals surface area contributed by atoms with Crippen LogP contribution < -0.4 is 0 Å². The van der Waals surface area contributed by atoms with E-state index in [1.807, 2.05) is 25.9 Å². The van der Waals surface area contributed by atoms with Gasteiger partial charge in [-0.2, -0.15) is 0 Å². The zero-order valence-electron chi connectivity index (χ0n) is 22.7. The third-order valence-corrected chi connectivity index (χ3v) is 10.9. The summed E-state index contributed by atoms with van der Waals surface area (Å²) in [7, 11) is 3.95. The second kappa shape index (κ2) is 7.23. The smallest absolute Gasteiger partial charge is 0.192 e. The minimum atomic E-state index is -0.913. The summed E-state index contributed by atoms with van der Waals surface area (Å²) in [6, 6.07) is 6.26. The Morgan fingerprint density at radius 1 is 1.11 bits per heavy atom. The average Bonchev–Trinajstić information content (AvgIpc) is 3.49. The van der Waals surface area contributed by atoms with Crippen LogP contribution in [-0.4, -0.2) is 63.6 Å². The van der Waals surface area contributed by atoms with Gasteiger partial charge in [0.15, 0.2) is 11.5 Å². The Bertz CT molecular complexity index is 1420. The van der Waals surface area contributed by atoms with Crippen LogP contribution in [0.25, 0.3) is 16.7 Å². The van der Waals surface area contributed by atoms with E-state index in [9.17, 15) is 10.2 Å². The molecule has 3 heterocycles. The zero-order valence-corrected chi connectivity index (χ0v) is 22.7. The minimum Gasteiger partial charge on any atom is -0.441 e. The molecular formula is C31H38N2O4. The molecule has 3 aliphatic carbocycles. The maximum Gasteiger partial charge on any atom is 0.192 e. The summed E-state index contributed by atoms with van der Waals surface area (Å²) in [5.74, 6) is 0.961. The molecule has 2 aliphatic heterocycles. The van der Waals surface area contributed by atoms with Gasteiger partial charge in [0, 0.05) is 24.3 Å². The normalized spacial score (nSPS) is 41.7. The zero-order chi connectivity index (χ0) is 26.1. The lowest BCUT2D eigenvalue weighted by molar-refractivity contribution is -0.170. The maximum absolute atomic E-state index is 11.3. The molecule has 37 heavy (non-hydrogen) atoms. The third-order valence-electron chi connectivity index (χ3n) is 10.9. The van der Waals surface area contributed by atoms with Crippen LogP contribution in [0, 0.1) is 23.7 Å². The summed E-state index contributed by atoms with van der Waals surface area (Å²) >= 11 is 0. The Labute approximate surface area is 218 Å². The van der Waals surface area contributed by atoms with Crippen molar-refractivity contribution >= 4 is 16.7 Å². The number of rotatable bonds is 2. The molecule has 6 heteroatoms. The lowest BCUT2D eigenvalue weighted by Gasteiger charge is -2.60. The van der Waals surface area contributed by atoms with E-state index in [4.69, 9.17) is 9.15 Å². The van der Waals surface area contributed by atoms with Gasteiger partial charge in [-0.3, -0.25) is 0 Å². The molecule has 7 rings (SSSR count). The van der Waals surface area contributed by atoms with Crippen molar-refractivity contribution < 1.29 is 19.4 Å². The van der Waals surface area contributed by atoms with Crippen LogP contribution in [0.5, 0.6) is 0 Å². The van der Waals surface area contributed by atoms with E-state index in [0.29, 0.717) is 12.3 Å². The van der Waals surface area contributed by atoms with Crippen LogP contribution in [0.15, 0.2) is 52.0 Å². The number of aromatic nitrogens is 1. The molecule has 2 spiro atoms. The van der Waals surface area contributed by atoms with E-state index < -0.39 is 23.4 Å². The highest BCUT2D eigenvalue weighted by molar-refractivity contribution is 5.83. The summed E-state index contributed by atoms with van der Waals surface area (Å²) in [5, 5.41) is 22.2. The van der Waals surface area contributed by atoms with Crippen molar-refractivity contribution in [2.24, 2.45) is 16.7 Å². The number of allylic oxidation sites excluding steroid dienone is 3. The predicted octanol–water partition coefficient (Wildman–Crippen LogP) is 4.80. The molecule has 1 aromatic heterocycles. The molecule has 2 aromatic rings. The molecule has 7 unspecified atom stereocenters. The summed E-state index contributed by atoms with van der Waals surface area (Å²) in [6.45, 7) is 8.98. The van der Waals surface area contributed by atoms with Crippen molar-refractivity contribution in [2.75, 3.05) is 14.1 Å². The number of benzene rings is 1. The van der Waals surface area contributed by atoms with E-state index in [0.717, 1.165) is 35.9 Å². The number of ether oxygens (including phenoxy) is 1. The first kappa shape index (κ1) is 23.8. The molecule has 2 N–H and O–H groups in total. The molecule has 196 valence electrons. The Morgan fingerprint density at radius 2 is 1.89 bits per heavy atom. The molecule has 1 aromatic carbocycles. The Hall–Kier alpha value is -2.25. The van der Waals surface area contributed by atoms with Crippen molar-refractivity contribution in [3.8, 4) is 0 Å². The first-order valence-electron chi connectivity index (χ1n) is 13.7. The highest BCUT2D eigenvalue weighted by Gasteiger charge is 2.70. The Kier molecular flexibility index (Phi) is 4.66. The fourth-order valence-electron chi connectivity index (χ4n) is 8.72. The van der Waals surface area contributed by atoms with E-state index in [1.165, 1.54) is 16.7 Å². The fourth-order valence-corrected chi connectivity index (χ4v) is 8.72. The van der Waals surface area contributed by atoms with Gasteiger partial charge >= 0.3 is 0 Å². The van der Waals surface area contributed by atoms with Crippen LogP contribution >= 0.6 is 0 Å². The molecule has 5 aliphatic rings. The first-order valence-corrected chi connectivity index (χ1v) is 13.7. The van der Waals surface area contributed by atoms with E-state index in [2.05, 4.69) is 62.2 Å². The van der Waals surface area contributed by atoms with Crippen LogP contribution in [-0.2, 0) is 4.74 Å². The van der Waals surface area contributed by atoms with Crippen LogP contribution in [0.3, 0.4) is 0 Å². The molecule has 1 saturated heterocycles. The van der Waals surface area contributed by atoms with Crippen molar-refractivity contribution in [1.82, 2.24) is 9.88 Å². The number of aliphatic hydroxyl groups excluding tert-OH is 2. The number of hydrogen-bond acceptors (Lipinski definition) is 6. The third kappa shape index (κ3) is 2.82. The van der Waals surface area contributed by atoms with Crippen molar-refractivity contribution in [2.45, 2.75) is 82.8 Å². The Balaban J connectivity index is 1.36. The van der Waals surface area contributed by atoms with Crippen molar-refractivity contribution in [3.05, 3.63) is 59.0 Å². The molecule has 0 amide bonds. The molecule has 6 nitrogen and oxygen atoms in total. The SMILES string of the molecule is Cc1nc2ccc(C3=CCC4C56CCC7(CC(N(C)C)C(O)C(O)C7=CC5=CC(C)(C)C34C)O6)cc2o1. The van der Waals surface area contributed by atoms with Crippen LogP contribution in [0.2, 0.25) is 0 Å². The fraction of sp³-hybridized carbons (Fsp3) is 0.581. The number of nitrogens with zero attached hydrogens (tertiary/aromatic N) is 2. The average molecular weight is 503 g/mol. The highest BCUT2D eigenvalue weighted by atomic mass is 16.5. The van der Waals surface area contributed by atoms with Gasteiger partial charge < -0.3 is 24.3 Å². The monoisotopic (exact) mass is 502 g/mol. The lowest BCUT2D eigenvalue weighted by atomic mass is 9.49. The van der Waals surface area contributed by atoms with Crippen molar-refractivity contribution in [3.63, 3.8) is 0 Å². The summed E-state index contributed by atoms with van der Waals surface area (Å²) in [4.78, 5) is 6.53. The van der Waals surface area contributed by atoms with Gasteiger partial charge in [-0.05, 0) is 79.6 Å². The van der Waals surface area contributed by atoms with Gasteiger partial charge in [-0.25, -0.2) is 4.98 Å². The molecule has 2 fully saturated rings. The molecule has 1 saturated carbocycles. The van der Waals surface area contributed by atoms with Crippen molar-refractivity contribution in [1.29, 1.82) is 0 Å². The second-order valence-corrected chi connectivity index (χ2v) is 13.1. The number of aryl methyl sites for hydroxylation is 1. The van der Waals surface area contributed by atoms with Gasteiger partial charge in [0.05, 0.1) is 17.3 Å². The molecular weight excluding hydrogens is 464 g/mol. The van der Waals surface area contributed by atoms with Gasteiger partial charge in [-0.15, -0.1) is 0 Å². The van der Waals surface area contributed by atoms with Gasteiger partial charge in [0.1, 0.15) is 11.6 Å². The molecule has 0 radical (unpaired) electrons. The largest absolute Gasteiger partial charge is 0.441 e. The first-order chi connectivity index (χ1) is 17.4. The van der Waals surface area contributed by atoms with Gasteiger partial charge in [0.2, 0.25) is 0 Å². The van der Waals surface area contributed by atoms with E-state index in [-0.39, 0.29) is 22.8 Å². The summed E-state index contributed by atoms with van der Waals surface area (Å²) in [6.07, 6.45) is 8.76. The number of oxazole rings is 1. The highest BCUT2D eigenvalue weighted by Crippen LogP contribution is 2.71. The maximum atomic E-state index is 11.3. The number of aliphatic hydroxyl groups is 2. The molecule has 2 bridgehead atoms. The van der Waals surface area contributed by atoms with Crippen LogP contribution in [0.1, 0.15) is 57.9 Å². The predicted molar refractivity (Wildman–Crippen MR) is 143 cm³/mol. The quantitative estimate of drug-likeness (QED) is 0.615. The topological polar surface area (TPSA) is 79.0 Å². The minimum absolute atomic E-state index is 0.145. The Morgan fingerprint density at radius 3 is 2.65 bits per heavy atom.